The Hall–Kier alpha value is -0.800. The quantitative estimate of drug-likeness (QED) is 0.636. The predicted octanol–water partition coefficient (Wildman–Crippen LogP) is 2.99. The first kappa shape index (κ1) is 15.6. The van der Waals surface area contributed by atoms with Crippen molar-refractivity contribution in [2.75, 3.05) is 26.7 Å². The SMILES string of the molecule is C=C(NCCCNC)C1=CC(COC2CCCCC2)C1. The van der Waals surface area contributed by atoms with Crippen LogP contribution in [-0.2, 0) is 4.74 Å². The predicted molar refractivity (Wildman–Crippen MR) is 84.7 cm³/mol. The van der Waals surface area contributed by atoms with E-state index in [2.05, 4.69) is 23.3 Å². The summed E-state index contributed by atoms with van der Waals surface area (Å²) in [5.74, 6) is 0.614. The van der Waals surface area contributed by atoms with Gasteiger partial charge in [-0.15, -0.1) is 0 Å². The summed E-state index contributed by atoms with van der Waals surface area (Å²) in [7, 11) is 1.99. The Labute approximate surface area is 123 Å². The molecule has 2 N–H and O–H groups in total. The lowest BCUT2D eigenvalue weighted by Crippen LogP contribution is -2.27. The van der Waals surface area contributed by atoms with Gasteiger partial charge in [0, 0.05) is 18.2 Å². The Kier molecular flexibility index (Phi) is 6.61. The molecule has 0 spiro atoms. The summed E-state index contributed by atoms with van der Waals surface area (Å²) >= 11 is 0. The molecule has 0 aromatic carbocycles. The molecule has 2 aliphatic rings. The average molecular weight is 278 g/mol. The second-order valence-electron chi connectivity index (χ2n) is 6.11. The normalized spacial score (nSPS) is 23.1. The maximum atomic E-state index is 6.03. The van der Waals surface area contributed by atoms with E-state index in [9.17, 15) is 0 Å². The smallest absolute Gasteiger partial charge is 0.0575 e. The van der Waals surface area contributed by atoms with Crippen LogP contribution in [0, 0.1) is 5.92 Å². The number of rotatable bonds is 9. The van der Waals surface area contributed by atoms with Gasteiger partial charge in [0.2, 0.25) is 0 Å². The summed E-state index contributed by atoms with van der Waals surface area (Å²) in [5, 5.41) is 6.55. The summed E-state index contributed by atoms with van der Waals surface area (Å²) in [4.78, 5) is 0. The summed E-state index contributed by atoms with van der Waals surface area (Å²) < 4.78 is 6.03. The van der Waals surface area contributed by atoms with E-state index in [4.69, 9.17) is 4.74 Å². The van der Waals surface area contributed by atoms with Crippen molar-refractivity contribution in [3.05, 3.63) is 23.9 Å². The van der Waals surface area contributed by atoms with Gasteiger partial charge < -0.3 is 15.4 Å². The van der Waals surface area contributed by atoms with Crippen LogP contribution >= 0.6 is 0 Å². The fourth-order valence-corrected chi connectivity index (χ4v) is 2.97. The Morgan fingerprint density at radius 2 is 2.05 bits per heavy atom. The maximum Gasteiger partial charge on any atom is 0.0575 e. The van der Waals surface area contributed by atoms with Gasteiger partial charge in [0.05, 0.1) is 12.7 Å². The first-order valence-corrected chi connectivity index (χ1v) is 8.19. The topological polar surface area (TPSA) is 33.3 Å². The molecule has 0 heterocycles. The van der Waals surface area contributed by atoms with Gasteiger partial charge in [-0.05, 0) is 44.8 Å². The lowest BCUT2D eigenvalue weighted by atomic mass is 9.85. The van der Waals surface area contributed by atoms with Gasteiger partial charge >= 0.3 is 0 Å². The van der Waals surface area contributed by atoms with Crippen molar-refractivity contribution in [3.63, 3.8) is 0 Å². The Bertz CT molecular complexity index is 332. The standard InChI is InChI=1S/C17H30N2O/c1-14(19-10-6-9-18-2)16-11-15(12-16)13-20-17-7-4-3-5-8-17/h11,15,17-19H,1,3-10,12-13H2,2H3. The first-order valence-electron chi connectivity index (χ1n) is 8.19. The minimum Gasteiger partial charge on any atom is -0.385 e. The van der Waals surface area contributed by atoms with Crippen molar-refractivity contribution in [1.29, 1.82) is 0 Å². The van der Waals surface area contributed by atoms with Crippen molar-refractivity contribution >= 4 is 0 Å². The highest BCUT2D eigenvalue weighted by molar-refractivity contribution is 5.34. The third-order valence-corrected chi connectivity index (χ3v) is 4.35. The van der Waals surface area contributed by atoms with E-state index in [1.165, 1.54) is 37.7 Å². The summed E-state index contributed by atoms with van der Waals surface area (Å²) in [6, 6.07) is 0. The molecule has 3 nitrogen and oxygen atoms in total. The second kappa shape index (κ2) is 8.48. The van der Waals surface area contributed by atoms with Gasteiger partial charge in [-0.25, -0.2) is 0 Å². The molecule has 0 aromatic heterocycles. The lowest BCUT2D eigenvalue weighted by molar-refractivity contribution is 0.0127. The van der Waals surface area contributed by atoms with Crippen molar-refractivity contribution in [1.82, 2.24) is 10.6 Å². The second-order valence-corrected chi connectivity index (χ2v) is 6.11. The van der Waals surface area contributed by atoms with Crippen molar-refractivity contribution in [2.24, 2.45) is 5.92 Å². The molecule has 0 saturated heterocycles. The molecular weight excluding hydrogens is 248 g/mol. The maximum absolute atomic E-state index is 6.03. The molecule has 1 fully saturated rings. The molecule has 0 aromatic rings. The monoisotopic (exact) mass is 278 g/mol. The first-order chi connectivity index (χ1) is 9.79. The van der Waals surface area contributed by atoms with E-state index >= 15 is 0 Å². The number of ether oxygens (including phenoxy) is 1. The van der Waals surface area contributed by atoms with E-state index in [1.54, 1.807) is 0 Å². The number of nitrogens with one attached hydrogen (secondary N) is 2. The largest absolute Gasteiger partial charge is 0.385 e. The van der Waals surface area contributed by atoms with Crippen LogP contribution in [-0.4, -0.2) is 32.8 Å². The van der Waals surface area contributed by atoms with Gasteiger partial charge in [-0.1, -0.05) is 31.9 Å². The third kappa shape index (κ3) is 4.95. The van der Waals surface area contributed by atoms with Gasteiger partial charge in [0.1, 0.15) is 0 Å². The summed E-state index contributed by atoms with van der Waals surface area (Å²) in [5.41, 5.74) is 2.49. The number of hydrogen-bond acceptors (Lipinski definition) is 3. The zero-order valence-electron chi connectivity index (χ0n) is 12.9. The van der Waals surface area contributed by atoms with E-state index in [1.807, 2.05) is 7.05 Å². The van der Waals surface area contributed by atoms with Crippen LogP contribution in [0.25, 0.3) is 0 Å². The molecule has 0 bridgehead atoms. The highest BCUT2D eigenvalue weighted by Gasteiger charge is 2.23. The number of hydrogen-bond donors (Lipinski definition) is 2. The van der Waals surface area contributed by atoms with Crippen molar-refractivity contribution in [3.8, 4) is 0 Å². The Morgan fingerprint density at radius 1 is 1.30 bits per heavy atom. The van der Waals surface area contributed by atoms with Crippen molar-refractivity contribution < 1.29 is 4.74 Å². The number of allylic oxidation sites excluding steroid dienone is 1. The average Bonchev–Trinajstić information content (AvgIpc) is 2.43. The molecule has 2 rings (SSSR count). The summed E-state index contributed by atoms with van der Waals surface area (Å²) in [6.07, 6.45) is 11.8. The molecule has 1 atom stereocenters. The van der Waals surface area contributed by atoms with Crippen LogP contribution in [0.1, 0.15) is 44.9 Å². The van der Waals surface area contributed by atoms with E-state index in [0.717, 1.165) is 38.2 Å². The Morgan fingerprint density at radius 3 is 2.75 bits per heavy atom. The third-order valence-electron chi connectivity index (χ3n) is 4.35. The molecule has 0 amide bonds. The van der Waals surface area contributed by atoms with E-state index in [-0.39, 0.29) is 0 Å². The van der Waals surface area contributed by atoms with Crippen LogP contribution in [0.15, 0.2) is 23.9 Å². The van der Waals surface area contributed by atoms with E-state index in [0.29, 0.717) is 12.0 Å². The van der Waals surface area contributed by atoms with E-state index < -0.39 is 0 Å². The molecule has 0 radical (unpaired) electrons. The fraction of sp³-hybridized carbons (Fsp3) is 0.765. The van der Waals surface area contributed by atoms with Crippen molar-refractivity contribution in [2.45, 2.75) is 51.0 Å². The van der Waals surface area contributed by atoms with Gasteiger partial charge in [0.15, 0.2) is 0 Å². The zero-order valence-corrected chi connectivity index (χ0v) is 12.9. The molecule has 1 unspecified atom stereocenters. The van der Waals surface area contributed by atoms with Gasteiger partial charge in [-0.3, -0.25) is 0 Å². The van der Waals surface area contributed by atoms with Gasteiger partial charge in [0.25, 0.3) is 0 Å². The molecule has 114 valence electrons. The molecule has 0 aliphatic heterocycles. The zero-order chi connectivity index (χ0) is 14.2. The molecule has 1 saturated carbocycles. The van der Waals surface area contributed by atoms with Crippen LogP contribution in [0.5, 0.6) is 0 Å². The van der Waals surface area contributed by atoms with Gasteiger partial charge in [-0.2, -0.15) is 0 Å². The van der Waals surface area contributed by atoms with Crippen LogP contribution in [0.3, 0.4) is 0 Å². The summed E-state index contributed by atoms with van der Waals surface area (Å²) in [6.45, 7) is 7.08. The Balaban J connectivity index is 1.57. The molecular formula is C17H30N2O. The van der Waals surface area contributed by atoms with Crippen LogP contribution in [0.2, 0.25) is 0 Å². The molecule has 20 heavy (non-hydrogen) atoms. The van der Waals surface area contributed by atoms with Crippen LogP contribution < -0.4 is 10.6 Å². The van der Waals surface area contributed by atoms with Crippen LogP contribution in [0.4, 0.5) is 0 Å². The lowest BCUT2D eigenvalue weighted by Gasteiger charge is -2.30. The minimum absolute atomic E-state index is 0.532. The minimum atomic E-state index is 0.532. The molecule has 3 heteroatoms. The fourth-order valence-electron chi connectivity index (χ4n) is 2.97. The highest BCUT2D eigenvalue weighted by atomic mass is 16.5. The highest BCUT2D eigenvalue weighted by Crippen LogP contribution is 2.31. The molecule has 2 aliphatic carbocycles.